The van der Waals surface area contributed by atoms with Crippen LogP contribution < -0.4 is 10.1 Å². The zero-order valence-electron chi connectivity index (χ0n) is 16.7. The molecule has 1 heterocycles. The molecule has 1 amide bonds. The maximum atomic E-state index is 11.9. The number of carbonyl (C=O) groups is 1. The first-order valence-electron chi connectivity index (χ1n) is 9.48. The van der Waals surface area contributed by atoms with Crippen molar-refractivity contribution in [3.05, 3.63) is 35.7 Å². The van der Waals surface area contributed by atoms with Crippen molar-refractivity contribution < 1.29 is 9.53 Å². The van der Waals surface area contributed by atoms with Crippen LogP contribution in [0.5, 0.6) is 5.75 Å². The van der Waals surface area contributed by atoms with E-state index in [0.717, 1.165) is 36.8 Å². The summed E-state index contributed by atoms with van der Waals surface area (Å²) in [5, 5.41) is 12.4. The topological polar surface area (TPSA) is 69.0 Å². The molecule has 1 aromatic carbocycles. The fraction of sp³-hybridized carbons (Fsp3) is 0.550. The van der Waals surface area contributed by atoms with E-state index in [1.807, 2.05) is 30.5 Å². The summed E-state index contributed by atoms with van der Waals surface area (Å²) in [4.78, 5) is 11.9. The van der Waals surface area contributed by atoms with Crippen LogP contribution in [0.1, 0.15) is 38.6 Å². The number of hydrogen-bond donors (Lipinski definition) is 1. The minimum Gasteiger partial charge on any atom is -0.484 e. The van der Waals surface area contributed by atoms with Gasteiger partial charge in [-0.15, -0.1) is 10.2 Å². The highest BCUT2D eigenvalue weighted by Gasteiger charge is 2.12. The smallest absolute Gasteiger partial charge is 0.257 e. The minimum atomic E-state index is -0.108. The van der Waals surface area contributed by atoms with E-state index in [1.54, 1.807) is 11.8 Å². The summed E-state index contributed by atoms with van der Waals surface area (Å²) in [6, 6.07) is 7.83. The molecule has 0 saturated carbocycles. The van der Waals surface area contributed by atoms with Gasteiger partial charge in [0.15, 0.2) is 11.8 Å². The lowest BCUT2D eigenvalue weighted by Crippen LogP contribution is -2.30. The zero-order chi connectivity index (χ0) is 19.6. The van der Waals surface area contributed by atoms with E-state index in [-0.39, 0.29) is 12.5 Å². The van der Waals surface area contributed by atoms with Crippen molar-refractivity contribution in [3.63, 3.8) is 0 Å². The van der Waals surface area contributed by atoms with Crippen molar-refractivity contribution >= 4 is 17.7 Å². The third kappa shape index (κ3) is 6.90. The number of ether oxygens (including phenoxy) is 1. The Labute approximate surface area is 166 Å². The summed E-state index contributed by atoms with van der Waals surface area (Å²) in [6.45, 7) is 8.02. The van der Waals surface area contributed by atoms with Crippen LogP contribution in [-0.4, -0.2) is 40.1 Å². The molecule has 1 N–H and O–H groups in total. The Hall–Kier alpha value is -2.02. The van der Waals surface area contributed by atoms with Gasteiger partial charge in [-0.25, -0.2) is 0 Å². The van der Waals surface area contributed by atoms with Gasteiger partial charge in [0.1, 0.15) is 11.6 Å². The summed E-state index contributed by atoms with van der Waals surface area (Å²) in [7, 11) is 0. The second-order valence-electron chi connectivity index (χ2n) is 6.85. The van der Waals surface area contributed by atoms with E-state index >= 15 is 0 Å². The van der Waals surface area contributed by atoms with Crippen molar-refractivity contribution in [3.8, 4) is 5.75 Å². The summed E-state index contributed by atoms with van der Waals surface area (Å²) < 4.78 is 7.70. The molecule has 148 valence electrons. The maximum Gasteiger partial charge on any atom is 0.257 e. The van der Waals surface area contributed by atoms with Crippen LogP contribution in [0, 0.1) is 5.92 Å². The number of carbonyl (C=O) groups excluding carboxylic acids is 1. The number of nitrogens with one attached hydrogen (secondary N) is 1. The second-order valence-corrected chi connectivity index (χ2v) is 7.62. The van der Waals surface area contributed by atoms with E-state index in [9.17, 15) is 4.79 Å². The van der Waals surface area contributed by atoms with Gasteiger partial charge in [0.25, 0.3) is 5.91 Å². The van der Waals surface area contributed by atoms with Gasteiger partial charge in [0.2, 0.25) is 0 Å². The van der Waals surface area contributed by atoms with Crippen LogP contribution in [0.3, 0.4) is 0 Å². The van der Waals surface area contributed by atoms with Crippen LogP contribution in [0.2, 0.25) is 0 Å². The Morgan fingerprint density at radius 2 is 2.00 bits per heavy atom. The first-order valence-corrected chi connectivity index (χ1v) is 10.7. The first kappa shape index (κ1) is 21.3. The predicted molar refractivity (Wildman–Crippen MR) is 109 cm³/mol. The van der Waals surface area contributed by atoms with E-state index in [2.05, 4.69) is 40.9 Å². The molecule has 7 heteroatoms. The van der Waals surface area contributed by atoms with Crippen LogP contribution in [0.4, 0.5) is 0 Å². The van der Waals surface area contributed by atoms with Crippen molar-refractivity contribution in [1.82, 2.24) is 20.1 Å². The third-order valence-electron chi connectivity index (χ3n) is 4.12. The van der Waals surface area contributed by atoms with E-state index < -0.39 is 0 Å². The molecule has 0 aliphatic carbocycles. The highest BCUT2D eigenvalue weighted by atomic mass is 32.2. The molecule has 0 bridgehead atoms. The van der Waals surface area contributed by atoms with Gasteiger partial charge in [-0.2, -0.15) is 0 Å². The van der Waals surface area contributed by atoms with Crippen molar-refractivity contribution in [2.75, 3.05) is 19.4 Å². The quantitative estimate of drug-likeness (QED) is 0.471. The number of thioether (sulfide) groups is 1. The maximum absolute atomic E-state index is 11.9. The lowest BCUT2D eigenvalue weighted by atomic mass is 10.2. The standard InChI is InChI=1S/C20H30N4O2S/c1-5-16-8-10-17(11-9-16)26-14-19(25)21-12-6-7-18-22-23-20(27-4)24(18)13-15(2)3/h8-11,15H,5-7,12-14H2,1-4H3,(H,21,25). The van der Waals surface area contributed by atoms with Gasteiger partial charge in [-0.05, 0) is 42.7 Å². The number of aryl methyl sites for hydroxylation is 2. The zero-order valence-corrected chi connectivity index (χ0v) is 17.5. The average molecular weight is 391 g/mol. The monoisotopic (exact) mass is 390 g/mol. The molecule has 0 unspecified atom stereocenters. The molecule has 0 saturated heterocycles. The Balaban J connectivity index is 1.71. The number of hydrogen-bond acceptors (Lipinski definition) is 5. The van der Waals surface area contributed by atoms with E-state index in [4.69, 9.17) is 4.74 Å². The molecule has 0 fully saturated rings. The number of benzene rings is 1. The normalized spacial score (nSPS) is 11.0. The molecule has 27 heavy (non-hydrogen) atoms. The first-order chi connectivity index (χ1) is 13.0. The summed E-state index contributed by atoms with van der Waals surface area (Å²) in [6.07, 6.45) is 4.62. The van der Waals surface area contributed by atoms with E-state index in [1.165, 1.54) is 5.56 Å². The summed E-state index contributed by atoms with van der Waals surface area (Å²) >= 11 is 1.61. The number of nitrogens with zero attached hydrogens (tertiary/aromatic N) is 3. The van der Waals surface area contributed by atoms with Crippen LogP contribution in [0.25, 0.3) is 0 Å². The fourth-order valence-electron chi connectivity index (χ4n) is 2.70. The number of aromatic nitrogens is 3. The number of amides is 1. The molecular weight excluding hydrogens is 360 g/mol. The molecule has 0 atom stereocenters. The molecule has 0 aliphatic heterocycles. The summed E-state index contributed by atoms with van der Waals surface area (Å²) in [5.41, 5.74) is 1.25. The molecule has 0 aliphatic rings. The van der Waals surface area contributed by atoms with Gasteiger partial charge in [0.05, 0.1) is 0 Å². The Kier molecular flexibility index (Phi) is 8.64. The fourth-order valence-corrected chi connectivity index (χ4v) is 3.22. The summed E-state index contributed by atoms with van der Waals surface area (Å²) in [5.74, 6) is 2.13. The highest BCUT2D eigenvalue weighted by Crippen LogP contribution is 2.16. The molecule has 0 spiro atoms. The largest absolute Gasteiger partial charge is 0.484 e. The highest BCUT2D eigenvalue weighted by molar-refractivity contribution is 7.98. The Morgan fingerprint density at radius 1 is 1.26 bits per heavy atom. The van der Waals surface area contributed by atoms with Gasteiger partial charge in [-0.3, -0.25) is 4.79 Å². The molecule has 1 aromatic heterocycles. The molecule has 6 nitrogen and oxygen atoms in total. The molecular formula is C20H30N4O2S. The lowest BCUT2D eigenvalue weighted by Gasteiger charge is -2.12. The van der Waals surface area contributed by atoms with Crippen LogP contribution >= 0.6 is 11.8 Å². The average Bonchev–Trinajstić information content (AvgIpc) is 3.05. The third-order valence-corrected chi connectivity index (χ3v) is 4.79. The van der Waals surface area contributed by atoms with Crippen LogP contribution in [0.15, 0.2) is 29.4 Å². The Bertz CT molecular complexity index is 713. The van der Waals surface area contributed by atoms with Crippen molar-refractivity contribution in [1.29, 1.82) is 0 Å². The SMILES string of the molecule is CCc1ccc(OCC(=O)NCCCc2nnc(SC)n2CC(C)C)cc1. The van der Waals surface area contributed by atoms with Gasteiger partial charge >= 0.3 is 0 Å². The van der Waals surface area contributed by atoms with Crippen molar-refractivity contribution in [2.24, 2.45) is 5.92 Å². The molecule has 0 radical (unpaired) electrons. The molecule has 2 rings (SSSR count). The Morgan fingerprint density at radius 3 is 2.63 bits per heavy atom. The van der Waals surface area contributed by atoms with Crippen molar-refractivity contribution in [2.45, 2.75) is 51.7 Å². The predicted octanol–water partition coefficient (Wildman–Crippen LogP) is 3.35. The van der Waals surface area contributed by atoms with Crippen LogP contribution in [-0.2, 0) is 24.2 Å². The van der Waals surface area contributed by atoms with Gasteiger partial charge < -0.3 is 14.6 Å². The minimum absolute atomic E-state index is 0.0334. The number of rotatable bonds is 11. The molecule has 2 aromatic rings. The van der Waals surface area contributed by atoms with Gasteiger partial charge in [-0.1, -0.05) is 44.7 Å². The van der Waals surface area contributed by atoms with Gasteiger partial charge in [0, 0.05) is 19.5 Å². The second kappa shape index (κ2) is 11.0. The lowest BCUT2D eigenvalue weighted by molar-refractivity contribution is -0.123. The van der Waals surface area contributed by atoms with E-state index in [0.29, 0.717) is 18.2 Å².